The molecule has 0 unspecified atom stereocenters. The summed E-state index contributed by atoms with van der Waals surface area (Å²) in [4.78, 5) is 2.53. The second-order valence-corrected chi connectivity index (χ2v) is 6.30. The first-order valence-electron chi connectivity index (χ1n) is 5.49. The van der Waals surface area contributed by atoms with Gasteiger partial charge in [0.05, 0.1) is 4.21 Å². The molecule has 0 aromatic carbocycles. The standard InChI is InChI=1S/C11H18N2S2/c12-10-3-5-13(6-4-10)7-9-15-11-2-1-8-14-11/h1-2,8,10H,3-7,9,12H2. The van der Waals surface area contributed by atoms with E-state index in [2.05, 4.69) is 22.4 Å². The van der Waals surface area contributed by atoms with Crippen LogP contribution in [0.3, 0.4) is 0 Å². The van der Waals surface area contributed by atoms with Crippen molar-refractivity contribution < 1.29 is 0 Å². The number of thiophene rings is 1. The molecule has 84 valence electrons. The van der Waals surface area contributed by atoms with Crippen LogP contribution in [0.1, 0.15) is 12.8 Å². The average Bonchev–Trinajstić information content (AvgIpc) is 2.74. The molecule has 0 amide bonds. The van der Waals surface area contributed by atoms with Crippen LogP contribution in [-0.4, -0.2) is 36.3 Å². The van der Waals surface area contributed by atoms with Crippen molar-refractivity contribution in [1.29, 1.82) is 0 Å². The number of thioether (sulfide) groups is 1. The predicted octanol–water partition coefficient (Wildman–Crippen LogP) is 2.26. The molecule has 2 N–H and O–H groups in total. The molecule has 1 fully saturated rings. The molecule has 1 aliphatic heterocycles. The summed E-state index contributed by atoms with van der Waals surface area (Å²) in [6.45, 7) is 3.58. The largest absolute Gasteiger partial charge is 0.328 e. The number of likely N-dealkylation sites (tertiary alicyclic amines) is 1. The zero-order valence-electron chi connectivity index (χ0n) is 8.89. The second-order valence-electron chi connectivity index (χ2n) is 3.96. The number of nitrogens with zero attached hydrogens (tertiary/aromatic N) is 1. The number of nitrogens with two attached hydrogens (primary N) is 1. The van der Waals surface area contributed by atoms with E-state index in [4.69, 9.17) is 5.73 Å². The lowest BCUT2D eigenvalue weighted by Crippen LogP contribution is -2.40. The fourth-order valence-electron chi connectivity index (χ4n) is 1.80. The van der Waals surface area contributed by atoms with Crippen molar-refractivity contribution in [3.63, 3.8) is 0 Å². The maximum absolute atomic E-state index is 5.87. The fraction of sp³-hybridized carbons (Fsp3) is 0.636. The van der Waals surface area contributed by atoms with Crippen LogP contribution in [0.15, 0.2) is 21.7 Å². The third kappa shape index (κ3) is 3.79. The quantitative estimate of drug-likeness (QED) is 0.821. The Morgan fingerprint density at radius 1 is 1.47 bits per heavy atom. The van der Waals surface area contributed by atoms with Crippen molar-refractivity contribution >= 4 is 23.1 Å². The Morgan fingerprint density at radius 3 is 2.93 bits per heavy atom. The van der Waals surface area contributed by atoms with Crippen LogP contribution in [0.25, 0.3) is 0 Å². The van der Waals surface area contributed by atoms with Crippen molar-refractivity contribution in [1.82, 2.24) is 4.90 Å². The highest BCUT2D eigenvalue weighted by molar-refractivity contribution is 8.01. The van der Waals surface area contributed by atoms with E-state index >= 15 is 0 Å². The lowest BCUT2D eigenvalue weighted by Gasteiger charge is -2.29. The van der Waals surface area contributed by atoms with Crippen molar-refractivity contribution in [3.05, 3.63) is 17.5 Å². The number of hydrogen-bond acceptors (Lipinski definition) is 4. The highest BCUT2D eigenvalue weighted by Gasteiger charge is 2.15. The smallest absolute Gasteiger partial charge is 0.0598 e. The zero-order valence-corrected chi connectivity index (χ0v) is 10.5. The predicted molar refractivity (Wildman–Crippen MR) is 68.7 cm³/mol. The van der Waals surface area contributed by atoms with Gasteiger partial charge < -0.3 is 10.6 Å². The summed E-state index contributed by atoms with van der Waals surface area (Å²) in [6.07, 6.45) is 2.34. The van der Waals surface area contributed by atoms with Crippen LogP contribution < -0.4 is 5.73 Å². The molecule has 0 spiro atoms. The van der Waals surface area contributed by atoms with Crippen LogP contribution in [0, 0.1) is 0 Å². The van der Waals surface area contributed by atoms with Crippen LogP contribution in [-0.2, 0) is 0 Å². The number of piperidine rings is 1. The molecule has 2 nitrogen and oxygen atoms in total. The summed E-state index contributed by atoms with van der Waals surface area (Å²) in [5, 5.41) is 2.14. The first-order valence-corrected chi connectivity index (χ1v) is 7.35. The van der Waals surface area contributed by atoms with Crippen molar-refractivity contribution in [2.75, 3.05) is 25.4 Å². The Kier molecular flexibility index (Phi) is 4.50. The van der Waals surface area contributed by atoms with E-state index in [0.29, 0.717) is 6.04 Å². The van der Waals surface area contributed by atoms with Crippen molar-refractivity contribution in [3.8, 4) is 0 Å². The lowest BCUT2D eigenvalue weighted by atomic mass is 10.1. The molecular weight excluding hydrogens is 224 g/mol. The topological polar surface area (TPSA) is 29.3 Å². The minimum Gasteiger partial charge on any atom is -0.328 e. The van der Waals surface area contributed by atoms with Crippen LogP contribution in [0.2, 0.25) is 0 Å². The first-order chi connectivity index (χ1) is 7.34. The molecule has 1 aliphatic rings. The van der Waals surface area contributed by atoms with Gasteiger partial charge in [-0.05, 0) is 37.4 Å². The molecular formula is C11H18N2S2. The van der Waals surface area contributed by atoms with E-state index < -0.39 is 0 Å². The Bertz CT molecular complexity index is 266. The lowest BCUT2D eigenvalue weighted by molar-refractivity contribution is 0.225. The van der Waals surface area contributed by atoms with Crippen LogP contribution in [0.4, 0.5) is 0 Å². The SMILES string of the molecule is NC1CCN(CCSc2cccs2)CC1. The molecule has 0 atom stereocenters. The molecule has 0 saturated carbocycles. The molecule has 1 aromatic heterocycles. The van der Waals surface area contributed by atoms with E-state index in [9.17, 15) is 0 Å². The maximum atomic E-state index is 5.87. The summed E-state index contributed by atoms with van der Waals surface area (Å²) < 4.78 is 1.43. The van der Waals surface area contributed by atoms with Gasteiger partial charge in [-0.1, -0.05) is 6.07 Å². The third-order valence-corrected chi connectivity index (χ3v) is 4.89. The van der Waals surface area contributed by atoms with Gasteiger partial charge in [-0.25, -0.2) is 0 Å². The molecule has 2 heterocycles. The minimum absolute atomic E-state index is 0.450. The normalized spacial score (nSPS) is 19.5. The molecule has 0 bridgehead atoms. The zero-order chi connectivity index (χ0) is 10.5. The minimum atomic E-state index is 0.450. The number of rotatable bonds is 4. The third-order valence-electron chi connectivity index (χ3n) is 2.78. The summed E-state index contributed by atoms with van der Waals surface area (Å²) in [7, 11) is 0. The van der Waals surface area contributed by atoms with Gasteiger partial charge in [-0.3, -0.25) is 0 Å². The van der Waals surface area contributed by atoms with E-state index in [1.165, 1.54) is 42.4 Å². The molecule has 1 aromatic rings. The highest BCUT2D eigenvalue weighted by Crippen LogP contribution is 2.23. The van der Waals surface area contributed by atoms with Gasteiger partial charge >= 0.3 is 0 Å². The fourth-order valence-corrected chi connectivity index (χ4v) is 3.66. The van der Waals surface area contributed by atoms with Gasteiger partial charge in [0.25, 0.3) is 0 Å². The maximum Gasteiger partial charge on any atom is 0.0598 e. The van der Waals surface area contributed by atoms with E-state index in [-0.39, 0.29) is 0 Å². The van der Waals surface area contributed by atoms with E-state index in [1.54, 1.807) is 0 Å². The first kappa shape index (κ1) is 11.5. The molecule has 4 heteroatoms. The average molecular weight is 242 g/mol. The summed E-state index contributed by atoms with van der Waals surface area (Å²) in [5.41, 5.74) is 5.87. The second kappa shape index (κ2) is 5.89. The Hall–Kier alpha value is -0.0300. The van der Waals surface area contributed by atoms with Crippen molar-refractivity contribution in [2.45, 2.75) is 23.1 Å². The number of hydrogen-bond donors (Lipinski definition) is 1. The Balaban J connectivity index is 1.62. The van der Waals surface area contributed by atoms with Gasteiger partial charge in [0.15, 0.2) is 0 Å². The molecule has 0 aliphatic carbocycles. The highest BCUT2D eigenvalue weighted by atomic mass is 32.2. The summed E-state index contributed by atoms with van der Waals surface area (Å²) in [6, 6.07) is 4.76. The monoisotopic (exact) mass is 242 g/mol. The van der Waals surface area contributed by atoms with Gasteiger partial charge in [-0.15, -0.1) is 23.1 Å². The van der Waals surface area contributed by atoms with Gasteiger partial charge in [0.1, 0.15) is 0 Å². The molecule has 1 saturated heterocycles. The van der Waals surface area contributed by atoms with Crippen molar-refractivity contribution in [2.24, 2.45) is 5.73 Å². The van der Waals surface area contributed by atoms with Crippen LogP contribution >= 0.6 is 23.1 Å². The van der Waals surface area contributed by atoms with E-state index in [1.807, 2.05) is 23.1 Å². The molecule has 15 heavy (non-hydrogen) atoms. The molecule has 2 rings (SSSR count). The summed E-state index contributed by atoms with van der Waals surface area (Å²) >= 11 is 3.80. The molecule has 0 radical (unpaired) electrons. The van der Waals surface area contributed by atoms with Gasteiger partial charge in [-0.2, -0.15) is 0 Å². The van der Waals surface area contributed by atoms with Gasteiger partial charge in [0, 0.05) is 18.3 Å². The van der Waals surface area contributed by atoms with Crippen LogP contribution in [0.5, 0.6) is 0 Å². The summed E-state index contributed by atoms with van der Waals surface area (Å²) in [5.74, 6) is 1.20. The Morgan fingerprint density at radius 2 is 2.27 bits per heavy atom. The Labute approximate surface area is 99.8 Å². The van der Waals surface area contributed by atoms with Gasteiger partial charge in [0.2, 0.25) is 0 Å². The van der Waals surface area contributed by atoms with E-state index in [0.717, 1.165) is 0 Å².